The van der Waals surface area contributed by atoms with Crippen molar-refractivity contribution in [1.29, 1.82) is 0 Å². The standard InChI is InChI=1S/C17H24N2O5S2/c1-8-12-11(9(2)20)15(22)19(12)13(16(23)24)14(8)26-17(25)18-6-3-4-10(21)5-7-18/h8-12,20-21H,3-7H2,1-2H3,(H,23,24)/t8-,9-,10?,11-,12-/m1/s1. The SMILES string of the molecule is C[C@@H](O)[C@H]1C(=O)N2C(C(=O)O)=C(SC(=S)N3CCCC(O)CC3)[C@H](C)[C@H]12. The Morgan fingerprint density at radius 1 is 1.35 bits per heavy atom. The van der Waals surface area contributed by atoms with E-state index < -0.39 is 18.0 Å². The number of β-lactam (4-membered cyclic amide) rings is 1. The molecule has 0 spiro atoms. The number of carbonyl (C=O) groups excluding carboxylic acids is 1. The molecule has 0 saturated carbocycles. The number of hydrogen-bond acceptors (Lipinski definition) is 6. The van der Waals surface area contributed by atoms with Crippen LogP contribution in [0, 0.1) is 11.8 Å². The lowest BCUT2D eigenvalue weighted by atomic mass is 9.79. The van der Waals surface area contributed by atoms with Gasteiger partial charge in [-0.25, -0.2) is 4.79 Å². The van der Waals surface area contributed by atoms with E-state index >= 15 is 0 Å². The molecular weight excluding hydrogens is 376 g/mol. The van der Waals surface area contributed by atoms with Crippen molar-refractivity contribution in [1.82, 2.24) is 9.80 Å². The fourth-order valence-corrected chi connectivity index (χ4v) is 5.64. The van der Waals surface area contributed by atoms with Crippen molar-refractivity contribution in [3.8, 4) is 0 Å². The number of aliphatic hydroxyl groups excluding tert-OH is 2. The lowest BCUT2D eigenvalue weighted by molar-refractivity contribution is -0.163. The number of carboxylic acids is 1. The maximum atomic E-state index is 12.3. The minimum atomic E-state index is -1.15. The maximum Gasteiger partial charge on any atom is 0.353 e. The predicted octanol–water partition coefficient (Wildman–Crippen LogP) is 1.00. The maximum absolute atomic E-state index is 12.3. The van der Waals surface area contributed by atoms with Gasteiger partial charge in [0.25, 0.3) is 0 Å². The van der Waals surface area contributed by atoms with Crippen molar-refractivity contribution in [3.05, 3.63) is 10.6 Å². The molecule has 7 nitrogen and oxygen atoms in total. The zero-order valence-electron chi connectivity index (χ0n) is 14.8. The molecule has 3 rings (SSSR count). The van der Waals surface area contributed by atoms with Crippen molar-refractivity contribution in [2.75, 3.05) is 13.1 Å². The third kappa shape index (κ3) is 3.26. The number of carboxylic acid groups (broad SMARTS) is 1. The molecule has 9 heteroatoms. The molecule has 0 bridgehead atoms. The number of hydrogen-bond donors (Lipinski definition) is 3. The van der Waals surface area contributed by atoms with E-state index in [-0.39, 0.29) is 29.7 Å². The van der Waals surface area contributed by atoms with Crippen molar-refractivity contribution >= 4 is 40.2 Å². The van der Waals surface area contributed by atoms with Gasteiger partial charge in [0.1, 0.15) is 10.0 Å². The summed E-state index contributed by atoms with van der Waals surface area (Å²) in [6.45, 7) is 4.81. The van der Waals surface area contributed by atoms with E-state index in [1.165, 1.54) is 16.7 Å². The van der Waals surface area contributed by atoms with Crippen LogP contribution < -0.4 is 0 Å². The molecule has 3 N–H and O–H groups in total. The molecule has 3 heterocycles. The number of amides is 1. The van der Waals surface area contributed by atoms with Gasteiger partial charge in [0, 0.05) is 23.9 Å². The Morgan fingerprint density at radius 2 is 2.04 bits per heavy atom. The summed E-state index contributed by atoms with van der Waals surface area (Å²) in [5.74, 6) is -2.25. The summed E-state index contributed by atoms with van der Waals surface area (Å²) in [6.07, 6.45) is 1.07. The molecule has 3 aliphatic heterocycles. The fraction of sp³-hybridized carbons (Fsp3) is 0.706. The van der Waals surface area contributed by atoms with Crippen molar-refractivity contribution in [2.24, 2.45) is 11.8 Å². The van der Waals surface area contributed by atoms with Crippen LogP contribution in [0.1, 0.15) is 33.1 Å². The van der Waals surface area contributed by atoms with Crippen LogP contribution in [0.3, 0.4) is 0 Å². The van der Waals surface area contributed by atoms with E-state index in [2.05, 4.69) is 0 Å². The highest BCUT2D eigenvalue weighted by atomic mass is 32.2. The second kappa shape index (κ2) is 7.46. The monoisotopic (exact) mass is 400 g/mol. The van der Waals surface area contributed by atoms with Crippen LogP contribution in [-0.4, -0.2) is 72.7 Å². The predicted molar refractivity (Wildman–Crippen MR) is 101 cm³/mol. The Labute approximate surface area is 162 Å². The summed E-state index contributed by atoms with van der Waals surface area (Å²) >= 11 is 6.77. The van der Waals surface area contributed by atoms with Gasteiger partial charge in [-0.3, -0.25) is 4.79 Å². The Bertz CT molecular complexity index is 666. The van der Waals surface area contributed by atoms with Gasteiger partial charge in [0.2, 0.25) is 5.91 Å². The first-order valence-corrected chi connectivity index (χ1v) is 10.1. The van der Waals surface area contributed by atoms with Crippen LogP contribution in [0.15, 0.2) is 10.6 Å². The third-order valence-corrected chi connectivity index (χ3v) is 7.19. The normalized spacial score (nSPS) is 32.8. The van der Waals surface area contributed by atoms with Gasteiger partial charge in [-0.2, -0.15) is 0 Å². The zero-order valence-corrected chi connectivity index (χ0v) is 16.4. The van der Waals surface area contributed by atoms with Gasteiger partial charge in [0.15, 0.2) is 0 Å². The number of likely N-dealkylation sites (tertiary alicyclic amines) is 1. The number of thioether (sulfide) groups is 1. The van der Waals surface area contributed by atoms with E-state index in [4.69, 9.17) is 12.2 Å². The minimum Gasteiger partial charge on any atom is -0.477 e. The molecule has 144 valence electrons. The number of aliphatic carboxylic acids is 1. The molecule has 0 aromatic carbocycles. The molecule has 26 heavy (non-hydrogen) atoms. The fourth-order valence-electron chi connectivity index (χ4n) is 4.08. The first-order chi connectivity index (χ1) is 12.2. The van der Waals surface area contributed by atoms with Crippen molar-refractivity contribution in [2.45, 2.75) is 51.4 Å². The van der Waals surface area contributed by atoms with Crippen LogP contribution in [0.5, 0.6) is 0 Å². The summed E-state index contributed by atoms with van der Waals surface area (Å²) in [5, 5.41) is 29.3. The lowest BCUT2D eigenvalue weighted by Crippen LogP contribution is -2.63. The third-order valence-electron chi connectivity index (χ3n) is 5.46. The quantitative estimate of drug-likeness (QED) is 0.477. The average molecular weight is 401 g/mol. The van der Waals surface area contributed by atoms with Gasteiger partial charge < -0.3 is 25.1 Å². The van der Waals surface area contributed by atoms with E-state index in [9.17, 15) is 24.9 Å². The van der Waals surface area contributed by atoms with E-state index in [0.717, 1.165) is 19.4 Å². The Hall–Kier alpha value is -1.16. The molecule has 3 aliphatic rings. The summed E-state index contributed by atoms with van der Waals surface area (Å²) < 4.78 is 0.572. The van der Waals surface area contributed by atoms with Crippen LogP contribution in [0.25, 0.3) is 0 Å². The summed E-state index contributed by atoms with van der Waals surface area (Å²) in [4.78, 5) is 28.0. The Balaban J connectivity index is 1.81. The molecule has 0 radical (unpaired) electrons. The van der Waals surface area contributed by atoms with Crippen molar-refractivity contribution < 1.29 is 24.9 Å². The van der Waals surface area contributed by atoms with Crippen LogP contribution in [0.4, 0.5) is 0 Å². The molecule has 0 aromatic rings. The number of nitrogens with zero attached hydrogens (tertiary/aromatic N) is 2. The molecule has 0 aliphatic carbocycles. The van der Waals surface area contributed by atoms with E-state index in [1.807, 2.05) is 11.8 Å². The first-order valence-electron chi connectivity index (χ1n) is 8.87. The largest absolute Gasteiger partial charge is 0.477 e. The molecule has 2 saturated heterocycles. The number of aliphatic hydroxyl groups is 2. The number of carbonyl (C=O) groups is 2. The van der Waals surface area contributed by atoms with Crippen LogP contribution in [0.2, 0.25) is 0 Å². The summed E-state index contributed by atoms with van der Waals surface area (Å²) in [6, 6.07) is -0.329. The van der Waals surface area contributed by atoms with Crippen LogP contribution >= 0.6 is 24.0 Å². The van der Waals surface area contributed by atoms with Gasteiger partial charge in [0.05, 0.1) is 24.2 Å². The van der Waals surface area contributed by atoms with Gasteiger partial charge in [-0.05, 0) is 26.2 Å². The first kappa shape index (κ1) is 19.6. The molecule has 0 aromatic heterocycles. The van der Waals surface area contributed by atoms with Gasteiger partial charge in [-0.15, -0.1) is 0 Å². The van der Waals surface area contributed by atoms with E-state index in [0.29, 0.717) is 22.2 Å². The number of thiocarbonyl (C=S) groups is 1. The number of rotatable bonds is 3. The van der Waals surface area contributed by atoms with E-state index in [1.54, 1.807) is 6.92 Å². The second-order valence-corrected chi connectivity index (χ2v) is 8.89. The zero-order chi connectivity index (χ0) is 19.2. The van der Waals surface area contributed by atoms with Crippen LogP contribution in [-0.2, 0) is 9.59 Å². The number of fused-ring (bicyclic) bond motifs is 1. The molecule has 1 amide bonds. The average Bonchev–Trinajstić information content (AvgIpc) is 2.69. The highest BCUT2D eigenvalue weighted by molar-refractivity contribution is 8.25. The van der Waals surface area contributed by atoms with Gasteiger partial charge >= 0.3 is 5.97 Å². The molecule has 2 fully saturated rings. The molecule has 1 unspecified atom stereocenters. The highest BCUT2D eigenvalue weighted by Crippen LogP contribution is 2.50. The second-order valence-electron chi connectivity index (χ2n) is 7.21. The highest BCUT2D eigenvalue weighted by Gasteiger charge is 2.60. The topological polar surface area (TPSA) is 101 Å². The molecule has 5 atom stereocenters. The van der Waals surface area contributed by atoms with Gasteiger partial charge in [-0.1, -0.05) is 30.9 Å². The van der Waals surface area contributed by atoms with Crippen molar-refractivity contribution in [3.63, 3.8) is 0 Å². The summed E-state index contributed by atoms with van der Waals surface area (Å²) in [7, 11) is 0. The smallest absolute Gasteiger partial charge is 0.353 e. The Kier molecular flexibility index (Phi) is 5.62. The molecular formula is C17H24N2O5S2. The minimum absolute atomic E-state index is 0.00777. The lowest BCUT2D eigenvalue weighted by Gasteiger charge is -2.46. The Morgan fingerprint density at radius 3 is 2.65 bits per heavy atom. The summed E-state index contributed by atoms with van der Waals surface area (Å²) in [5.41, 5.74) is -0.00777.